The number of carbonyl (C=O) groups excluding carboxylic acids is 2. The number of hydrogen-bond acceptors (Lipinski definition) is 6. The summed E-state index contributed by atoms with van der Waals surface area (Å²) < 4.78 is 15.4. The lowest BCUT2D eigenvalue weighted by molar-refractivity contribution is -0.113. The predicted molar refractivity (Wildman–Crippen MR) is 72.0 cm³/mol. The molecule has 0 aliphatic heterocycles. The van der Waals surface area contributed by atoms with Gasteiger partial charge in [-0.25, -0.2) is 4.79 Å². The van der Waals surface area contributed by atoms with Crippen LogP contribution in [0.1, 0.15) is 23.2 Å². The van der Waals surface area contributed by atoms with E-state index in [2.05, 4.69) is 4.74 Å². The highest BCUT2D eigenvalue weighted by Crippen LogP contribution is 2.44. The third kappa shape index (κ3) is 2.68. The largest absolute Gasteiger partial charge is 0.493 e. The average molecular weight is 279 g/mol. The zero-order chi connectivity index (χ0) is 14.8. The van der Waals surface area contributed by atoms with Crippen LogP contribution < -0.4 is 15.2 Å². The van der Waals surface area contributed by atoms with E-state index in [1.165, 1.54) is 26.4 Å². The first-order chi connectivity index (χ1) is 9.55. The van der Waals surface area contributed by atoms with Gasteiger partial charge in [0.25, 0.3) is 0 Å². The number of hydrogen-bond donors (Lipinski definition) is 1. The molecule has 0 spiro atoms. The normalized spacial score (nSPS) is 15.3. The Hall–Kier alpha value is -2.24. The highest BCUT2D eigenvalue weighted by atomic mass is 16.5. The van der Waals surface area contributed by atoms with E-state index in [-0.39, 0.29) is 23.3 Å². The first-order valence-corrected chi connectivity index (χ1v) is 6.20. The standard InChI is InChI=1S/C14H17NO5/c1-18-11-5-9(13(17)19-2)10(15)6-12(11)20-8-14(7-16)3-4-14/h5-7H,3-4,8,15H2,1-2H3. The lowest BCUT2D eigenvalue weighted by Crippen LogP contribution is -2.15. The molecular weight excluding hydrogens is 262 g/mol. The van der Waals surface area contributed by atoms with Crippen molar-refractivity contribution in [3.05, 3.63) is 17.7 Å². The summed E-state index contributed by atoms with van der Waals surface area (Å²) in [7, 11) is 2.74. The van der Waals surface area contributed by atoms with Gasteiger partial charge in [-0.1, -0.05) is 0 Å². The van der Waals surface area contributed by atoms with Crippen molar-refractivity contribution < 1.29 is 23.8 Å². The minimum Gasteiger partial charge on any atom is -0.493 e. The van der Waals surface area contributed by atoms with Crippen LogP contribution >= 0.6 is 0 Å². The summed E-state index contributed by atoms with van der Waals surface area (Å²) >= 11 is 0. The number of methoxy groups -OCH3 is 2. The van der Waals surface area contributed by atoms with Crippen LogP contribution in [0.3, 0.4) is 0 Å². The summed E-state index contributed by atoms with van der Waals surface area (Å²) in [5.74, 6) is 0.242. The first kappa shape index (κ1) is 14.2. The summed E-state index contributed by atoms with van der Waals surface area (Å²) in [6.45, 7) is 0.282. The van der Waals surface area contributed by atoms with Gasteiger partial charge in [0.1, 0.15) is 12.9 Å². The molecule has 0 bridgehead atoms. The Labute approximate surface area is 116 Å². The predicted octanol–water partition coefficient (Wildman–Crippen LogP) is 1.42. The van der Waals surface area contributed by atoms with Crippen molar-refractivity contribution >= 4 is 17.9 Å². The van der Waals surface area contributed by atoms with Crippen molar-refractivity contribution in [2.75, 3.05) is 26.6 Å². The molecule has 2 rings (SSSR count). The molecule has 20 heavy (non-hydrogen) atoms. The van der Waals surface area contributed by atoms with E-state index in [1.54, 1.807) is 0 Å². The summed E-state index contributed by atoms with van der Waals surface area (Å²) in [5, 5.41) is 0. The summed E-state index contributed by atoms with van der Waals surface area (Å²) in [4.78, 5) is 22.5. The van der Waals surface area contributed by atoms with Gasteiger partial charge in [0.15, 0.2) is 11.5 Å². The van der Waals surface area contributed by atoms with E-state index >= 15 is 0 Å². The van der Waals surface area contributed by atoms with Crippen LogP contribution in [-0.2, 0) is 9.53 Å². The second-order valence-electron chi connectivity index (χ2n) is 4.85. The minimum atomic E-state index is -0.543. The Kier molecular flexibility index (Phi) is 3.83. The van der Waals surface area contributed by atoms with Crippen molar-refractivity contribution in [2.24, 2.45) is 5.41 Å². The molecular formula is C14H17NO5. The van der Waals surface area contributed by atoms with Gasteiger partial charge in [0, 0.05) is 12.1 Å². The molecule has 6 nitrogen and oxygen atoms in total. The summed E-state index contributed by atoms with van der Waals surface area (Å²) in [6.07, 6.45) is 2.58. The molecule has 0 aromatic heterocycles. The molecule has 0 saturated heterocycles. The molecule has 1 aliphatic rings. The number of aldehydes is 1. The number of rotatable bonds is 6. The number of ether oxygens (including phenoxy) is 3. The topological polar surface area (TPSA) is 87.9 Å². The van der Waals surface area contributed by atoms with Crippen LogP contribution in [-0.4, -0.2) is 33.1 Å². The molecule has 1 saturated carbocycles. The Balaban J connectivity index is 2.22. The fraction of sp³-hybridized carbons (Fsp3) is 0.429. The number of anilines is 1. The van der Waals surface area contributed by atoms with E-state index in [0.717, 1.165) is 19.1 Å². The zero-order valence-corrected chi connectivity index (χ0v) is 11.5. The van der Waals surface area contributed by atoms with E-state index in [9.17, 15) is 9.59 Å². The van der Waals surface area contributed by atoms with Crippen molar-refractivity contribution in [3.8, 4) is 11.5 Å². The van der Waals surface area contributed by atoms with Gasteiger partial charge in [-0.15, -0.1) is 0 Å². The number of carbonyl (C=O) groups is 2. The molecule has 1 aliphatic carbocycles. The van der Waals surface area contributed by atoms with Gasteiger partial charge in [-0.3, -0.25) is 0 Å². The molecule has 0 radical (unpaired) electrons. The summed E-state index contributed by atoms with van der Waals surface area (Å²) in [5.41, 5.74) is 5.88. The lowest BCUT2D eigenvalue weighted by atomic mass is 10.1. The fourth-order valence-corrected chi connectivity index (χ4v) is 1.81. The Bertz CT molecular complexity index is 537. The molecule has 0 heterocycles. The van der Waals surface area contributed by atoms with Crippen molar-refractivity contribution in [2.45, 2.75) is 12.8 Å². The Morgan fingerprint density at radius 1 is 1.35 bits per heavy atom. The van der Waals surface area contributed by atoms with E-state index in [0.29, 0.717) is 11.5 Å². The van der Waals surface area contributed by atoms with Crippen molar-refractivity contribution in [1.82, 2.24) is 0 Å². The quantitative estimate of drug-likeness (QED) is 0.481. The molecule has 1 aromatic carbocycles. The number of benzene rings is 1. The van der Waals surface area contributed by atoms with Gasteiger partial charge in [0.2, 0.25) is 0 Å². The van der Waals surface area contributed by atoms with Crippen LogP contribution in [0.2, 0.25) is 0 Å². The smallest absolute Gasteiger partial charge is 0.340 e. The van der Waals surface area contributed by atoms with Gasteiger partial charge in [0.05, 0.1) is 30.9 Å². The van der Waals surface area contributed by atoms with Gasteiger partial charge in [-0.05, 0) is 12.8 Å². The molecule has 0 unspecified atom stereocenters. The second-order valence-corrected chi connectivity index (χ2v) is 4.85. The van der Waals surface area contributed by atoms with Gasteiger partial charge in [-0.2, -0.15) is 0 Å². The highest BCUT2D eigenvalue weighted by Gasteiger charge is 2.43. The van der Waals surface area contributed by atoms with Crippen molar-refractivity contribution in [1.29, 1.82) is 0 Å². The number of nitrogens with two attached hydrogens (primary N) is 1. The third-order valence-corrected chi connectivity index (χ3v) is 3.40. The Morgan fingerprint density at radius 2 is 2.05 bits per heavy atom. The molecule has 0 atom stereocenters. The van der Waals surface area contributed by atoms with Crippen LogP contribution in [0.5, 0.6) is 11.5 Å². The first-order valence-electron chi connectivity index (χ1n) is 6.20. The SMILES string of the molecule is COC(=O)c1cc(OC)c(OCC2(C=O)CC2)cc1N. The van der Waals surface area contributed by atoms with E-state index in [1.807, 2.05) is 0 Å². The highest BCUT2D eigenvalue weighted by molar-refractivity contribution is 5.96. The van der Waals surface area contributed by atoms with Gasteiger partial charge < -0.3 is 24.7 Å². The van der Waals surface area contributed by atoms with E-state index in [4.69, 9.17) is 15.2 Å². The third-order valence-electron chi connectivity index (χ3n) is 3.40. The van der Waals surface area contributed by atoms with Crippen LogP contribution in [0, 0.1) is 5.41 Å². The second kappa shape index (κ2) is 5.40. The van der Waals surface area contributed by atoms with Crippen LogP contribution in [0.25, 0.3) is 0 Å². The van der Waals surface area contributed by atoms with E-state index < -0.39 is 5.97 Å². The molecule has 2 N–H and O–H groups in total. The summed E-state index contributed by atoms with van der Waals surface area (Å²) in [6, 6.07) is 2.98. The maximum Gasteiger partial charge on any atom is 0.340 e. The molecule has 0 amide bonds. The minimum absolute atomic E-state index is 0.216. The molecule has 1 aromatic rings. The van der Waals surface area contributed by atoms with Crippen LogP contribution in [0.4, 0.5) is 5.69 Å². The Morgan fingerprint density at radius 3 is 2.55 bits per heavy atom. The molecule has 6 heteroatoms. The monoisotopic (exact) mass is 279 g/mol. The molecule has 1 fully saturated rings. The van der Waals surface area contributed by atoms with Crippen LogP contribution in [0.15, 0.2) is 12.1 Å². The molecule has 108 valence electrons. The maximum atomic E-state index is 11.5. The lowest BCUT2D eigenvalue weighted by Gasteiger charge is -2.15. The van der Waals surface area contributed by atoms with Crippen molar-refractivity contribution in [3.63, 3.8) is 0 Å². The zero-order valence-electron chi connectivity index (χ0n) is 11.5. The maximum absolute atomic E-state index is 11.5. The average Bonchev–Trinajstić information content (AvgIpc) is 3.25. The number of esters is 1. The fourth-order valence-electron chi connectivity index (χ4n) is 1.81. The number of nitrogen functional groups attached to an aromatic ring is 1. The van der Waals surface area contributed by atoms with Gasteiger partial charge >= 0.3 is 5.97 Å².